The number of nitrogens with one attached hydrogen (secondary N) is 1. The molecule has 0 aromatic heterocycles. The number of carbonyl (C=O) groups is 1. The Bertz CT molecular complexity index is 674. The number of ether oxygens (including phenoxy) is 2. The Kier molecular flexibility index (Phi) is 7.29. The van der Waals surface area contributed by atoms with Gasteiger partial charge in [-0.3, -0.25) is 4.79 Å². The number of carbonyl (C=O) groups excluding carboxylic acids is 1. The normalized spacial score (nSPS) is 10.4. The molecule has 1 amide bonds. The Morgan fingerprint density at radius 3 is 2.52 bits per heavy atom. The zero-order valence-electron chi connectivity index (χ0n) is 15.1. The Hall–Kier alpha value is -2.53. The zero-order valence-corrected chi connectivity index (χ0v) is 15.1. The second kappa shape index (κ2) is 9.69. The van der Waals surface area contributed by atoms with Gasteiger partial charge in [-0.25, -0.2) is 0 Å². The highest BCUT2D eigenvalue weighted by atomic mass is 16.5. The number of hydrogen-bond donors (Lipinski definition) is 1. The molecule has 5 nitrogen and oxygen atoms in total. The van der Waals surface area contributed by atoms with Crippen molar-refractivity contribution in [3.05, 3.63) is 59.7 Å². The highest BCUT2D eigenvalue weighted by Gasteiger charge is 2.11. The Balaban J connectivity index is 1.99. The molecular formula is C20H26N2O3. The molecule has 0 bridgehead atoms. The Morgan fingerprint density at radius 1 is 1.08 bits per heavy atom. The molecule has 2 rings (SSSR count). The fourth-order valence-electron chi connectivity index (χ4n) is 2.45. The monoisotopic (exact) mass is 342 g/mol. The van der Waals surface area contributed by atoms with Crippen LogP contribution in [0.2, 0.25) is 0 Å². The van der Waals surface area contributed by atoms with Gasteiger partial charge in [-0.15, -0.1) is 0 Å². The van der Waals surface area contributed by atoms with Crippen molar-refractivity contribution in [3.8, 4) is 11.5 Å². The Morgan fingerprint density at radius 2 is 1.84 bits per heavy atom. The van der Waals surface area contributed by atoms with Crippen LogP contribution in [0, 0.1) is 0 Å². The van der Waals surface area contributed by atoms with Gasteiger partial charge in [0.05, 0.1) is 7.11 Å². The summed E-state index contributed by atoms with van der Waals surface area (Å²) in [4.78, 5) is 13.7. The van der Waals surface area contributed by atoms with E-state index in [0.29, 0.717) is 37.6 Å². The molecule has 0 fully saturated rings. The first kappa shape index (κ1) is 18.8. The molecule has 0 unspecified atom stereocenters. The molecule has 0 saturated heterocycles. The third kappa shape index (κ3) is 5.80. The lowest BCUT2D eigenvalue weighted by atomic mass is 10.2. The number of rotatable bonds is 9. The standard InChI is InChI=1S/C20H26N2O3/c1-21-12-11-20(23)22(2)14-17-9-10-18(19(13-17)24-3)25-15-16-7-5-4-6-8-16/h4-10,13,21H,11-12,14-15H2,1-3H3. The quantitative estimate of drug-likeness (QED) is 0.761. The zero-order chi connectivity index (χ0) is 18.1. The first-order valence-corrected chi connectivity index (χ1v) is 8.36. The van der Waals surface area contributed by atoms with Gasteiger partial charge >= 0.3 is 0 Å². The van der Waals surface area contributed by atoms with E-state index in [9.17, 15) is 4.79 Å². The van der Waals surface area contributed by atoms with Crippen LogP contribution in [0.15, 0.2) is 48.5 Å². The highest BCUT2D eigenvalue weighted by Crippen LogP contribution is 2.29. The van der Waals surface area contributed by atoms with Crippen molar-refractivity contribution in [2.24, 2.45) is 0 Å². The van der Waals surface area contributed by atoms with Crippen LogP contribution in [0.3, 0.4) is 0 Å². The summed E-state index contributed by atoms with van der Waals surface area (Å²) in [6, 6.07) is 15.8. The molecule has 5 heteroatoms. The van der Waals surface area contributed by atoms with Crippen LogP contribution in [0.4, 0.5) is 0 Å². The van der Waals surface area contributed by atoms with E-state index >= 15 is 0 Å². The van der Waals surface area contributed by atoms with Gasteiger partial charge < -0.3 is 19.7 Å². The third-order valence-corrected chi connectivity index (χ3v) is 3.90. The van der Waals surface area contributed by atoms with Crippen LogP contribution in [0.25, 0.3) is 0 Å². The molecule has 1 N–H and O–H groups in total. The summed E-state index contributed by atoms with van der Waals surface area (Å²) in [6.07, 6.45) is 0.488. The van der Waals surface area contributed by atoms with Crippen molar-refractivity contribution in [2.45, 2.75) is 19.6 Å². The van der Waals surface area contributed by atoms with Gasteiger partial charge in [0.1, 0.15) is 6.61 Å². The van der Waals surface area contributed by atoms with E-state index in [-0.39, 0.29) is 5.91 Å². The number of nitrogens with zero attached hydrogens (tertiary/aromatic N) is 1. The van der Waals surface area contributed by atoms with Crippen LogP contribution >= 0.6 is 0 Å². The van der Waals surface area contributed by atoms with E-state index < -0.39 is 0 Å². The van der Waals surface area contributed by atoms with Crippen molar-refractivity contribution in [1.82, 2.24) is 10.2 Å². The molecule has 0 heterocycles. The van der Waals surface area contributed by atoms with E-state index in [0.717, 1.165) is 11.1 Å². The Labute approximate surface area is 149 Å². The minimum absolute atomic E-state index is 0.109. The average molecular weight is 342 g/mol. The van der Waals surface area contributed by atoms with E-state index in [1.165, 1.54) is 0 Å². The maximum Gasteiger partial charge on any atom is 0.223 e. The molecule has 2 aromatic rings. The second-order valence-electron chi connectivity index (χ2n) is 5.86. The molecule has 0 aliphatic rings. The van der Waals surface area contributed by atoms with Crippen LogP contribution in [0.5, 0.6) is 11.5 Å². The summed E-state index contributed by atoms with van der Waals surface area (Å²) in [7, 11) is 5.27. The topological polar surface area (TPSA) is 50.8 Å². The van der Waals surface area contributed by atoms with Crippen molar-refractivity contribution < 1.29 is 14.3 Å². The fraction of sp³-hybridized carbons (Fsp3) is 0.350. The smallest absolute Gasteiger partial charge is 0.223 e. The molecule has 0 aliphatic carbocycles. The summed E-state index contributed by atoms with van der Waals surface area (Å²) in [5.41, 5.74) is 2.10. The molecule has 0 atom stereocenters. The number of methoxy groups -OCH3 is 1. The van der Waals surface area contributed by atoms with Crippen molar-refractivity contribution in [1.29, 1.82) is 0 Å². The second-order valence-corrected chi connectivity index (χ2v) is 5.86. The van der Waals surface area contributed by atoms with E-state index in [4.69, 9.17) is 9.47 Å². The maximum atomic E-state index is 12.0. The number of benzene rings is 2. The number of hydrogen-bond acceptors (Lipinski definition) is 4. The molecular weight excluding hydrogens is 316 g/mol. The van der Waals surface area contributed by atoms with Crippen LogP contribution < -0.4 is 14.8 Å². The molecule has 2 aromatic carbocycles. The van der Waals surface area contributed by atoms with Gasteiger partial charge in [0.2, 0.25) is 5.91 Å². The SMILES string of the molecule is CNCCC(=O)N(C)Cc1ccc(OCc2ccccc2)c(OC)c1. The van der Waals surface area contributed by atoms with Crippen molar-refractivity contribution >= 4 is 5.91 Å². The van der Waals surface area contributed by atoms with E-state index in [1.807, 2.05) is 62.6 Å². The first-order chi connectivity index (χ1) is 12.1. The largest absolute Gasteiger partial charge is 0.493 e. The van der Waals surface area contributed by atoms with Gasteiger partial charge in [0.15, 0.2) is 11.5 Å². The average Bonchev–Trinajstić information content (AvgIpc) is 2.65. The van der Waals surface area contributed by atoms with Crippen LogP contribution in [0.1, 0.15) is 17.5 Å². The maximum absolute atomic E-state index is 12.0. The van der Waals surface area contributed by atoms with E-state index in [2.05, 4.69) is 5.32 Å². The molecule has 25 heavy (non-hydrogen) atoms. The highest BCUT2D eigenvalue weighted by molar-refractivity contribution is 5.76. The predicted molar refractivity (Wildman–Crippen MR) is 98.8 cm³/mol. The summed E-state index contributed by atoms with van der Waals surface area (Å²) in [6.45, 7) is 1.70. The molecule has 0 spiro atoms. The third-order valence-electron chi connectivity index (χ3n) is 3.90. The minimum Gasteiger partial charge on any atom is -0.493 e. The van der Waals surface area contributed by atoms with Gasteiger partial charge in [-0.1, -0.05) is 36.4 Å². The summed E-state index contributed by atoms with van der Waals surface area (Å²) < 4.78 is 11.3. The van der Waals surface area contributed by atoms with Gasteiger partial charge in [-0.05, 0) is 30.3 Å². The lowest BCUT2D eigenvalue weighted by molar-refractivity contribution is -0.130. The van der Waals surface area contributed by atoms with Gasteiger partial charge in [-0.2, -0.15) is 0 Å². The fourth-order valence-corrected chi connectivity index (χ4v) is 2.45. The van der Waals surface area contributed by atoms with E-state index in [1.54, 1.807) is 12.0 Å². The van der Waals surface area contributed by atoms with Crippen LogP contribution in [-0.4, -0.2) is 38.6 Å². The van der Waals surface area contributed by atoms with Crippen molar-refractivity contribution in [3.63, 3.8) is 0 Å². The summed E-state index contributed by atoms with van der Waals surface area (Å²) in [5, 5.41) is 2.99. The summed E-state index contributed by atoms with van der Waals surface area (Å²) in [5.74, 6) is 1.47. The predicted octanol–water partition coefficient (Wildman–Crippen LogP) is 2.84. The van der Waals surface area contributed by atoms with Gasteiger partial charge in [0, 0.05) is 26.6 Å². The van der Waals surface area contributed by atoms with Crippen LogP contribution in [-0.2, 0) is 17.9 Å². The van der Waals surface area contributed by atoms with Gasteiger partial charge in [0.25, 0.3) is 0 Å². The first-order valence-electron chi connectivity index (χ1n) is 8.36. The van der Waals surface area contributed by atoms with Crippen molar-refractivity contribution in [2.75, 3.05) is 27.7 Å². The molecule has 0 aliphatic heterocycles. The number of amides is 1. The lowest BCUT2D eigenvalue weighted by Gasteiger charge is -2.18. The molecule has 0 saturated carbocycles. The molecule has 134 valence electrons. The molecule has 0 radical (unpaired) electrons. The minimum atomic E-state index is 0.109. The summed E-state index contributed by atoms with van der Waals surface area (Å²) >= 11 is 0. The lowest BCUT2D eigenvalue weighted by Crippen LogP contribution is -2.28.